The van der Waals surface area contributed by atoms with Crippen molar-refractivity contribution in [2.24, 2.45) is 0 Å². The molecule has 1 aromatic carbocycles. The van der Waals surface area contributed by atoms with Gasteiger partial charge in [0, 0.05) is 5.56 Å². The molecule has 0 N–H and O–H groups in total. The van der Waals surface area contributed by atoms with Crippen LogP contribution in [0.1, 0.15) is 72.1 Å². The van der Waals surface area contributed by atoms with Gasteiger partial charge in [0.15, 0.2) is 0 Å². The Morgan fingerprint density at radius 2 is 1.36 bits per heavy atom. The lowest BCUT2D eigenvalue weighted by Gasteiger charge is -2.31. The van der Waals surface area contributed by atoms with Crippen LogP contribution < -0.4 is 0 Å². The Labute approximate surface area is 153 Å². The minimum absolute atomic E-state index is 0.121. The minimum atomic E-state index is -3.68. The molecule has 0 aliphatic carbocycles. The van der Waals surface area contributed by atoms with Crippen LogP contribution in [0, 0.1) is 0 Å². The third kappa shape index (κ3) is 5.70. The highest BCUT2D eigenvalue weighted by molar-refractivity contribution is 7.48. The van der Waals surface area contributed by atoms with Crippen LogP contribution in [0.3, 0.4) is 0 Å². The molecule has 0 unspecified atom stereocenters. The van der Waals surface area contributed by atoms with Crippen molar-refractivity contribution in [3.8, 4) is 0 Å². The predicted octanol–water partition coefficient (Wildman–Crippen LogP) is 6.45. The Morgan fingerprint density at radius 3 is 1.68 bits per heavy atom. The highest BCUT2D eigenvalue weighted by Gasteiger charge is 2.33. The average Bonchev–Trinajstić information content (AvgIpc) is 2.44. The van der Waals surface area contributed by atoms with Crippen molar-refractivity contribution in [2.75, 3.05) is 13.2 Å². The maximum absolute atomic E-state index is 12.8. The van der Waals surface area contributed by atoms with E-state index in [0.29, 0.717) is 5.76 Å². The van der Waals surface area contributed by atoms with Crippen molar-refractivity contribution in [3.05, 3.63) is 41.5 Å². The largest absolute Gasteiger partial charge is 0.530 e. The van der Waals surface area contributed by atoms with E-state index in [1.54, 1.807) is 13.8 Å². The summed E-state index contributed by atoms with van der Waals surface area (Å²) in [5.74, 6) is 0.320. The molecule has 0 saturated heterocycles. The van der Waals surface area contributed by atoms with Gasteiger partial charge in [0.2, 0.25) is 0 Å². The molecule has 142 valence electrons. The summed E-state index contributed by atoms with van der Waals surface area (Å²) in [6.07, 6.45) is 0. The topological polar surface area (TPSA) is 44.8 Å². The predicted molar refractivity (Wildman–Crippen MR) is 105 cm³/mol. The van der Waals surface area contributed by atoms with Crippen LogP contribution in [-0.4, -0.2) is 13.2 Å². The van der Waals surface area contributed by atoms with Gasteiger partial charge in [-0.15, -0.1) is 0 Å². The van der Waals surface area contributed by atoms with Crippen molar-refractivity contribution in [1.82, 2.24) is 0 Å². The maximum atomic E-state index is 12.8. The molecular weight excluding hydrogens is 335 g/mol. The molecule has 0 fully saturated rings. The maximum Gasteiger partial charge on any atom is 0.530 e. The number of rotatable bonds is 7. The van der Waals surface area contributed by atoms with E-state index in [9.17, 15) is 4.57 Å². The van der Waals surface area contributed by atoms with E-state index in [2.05, 4.69) is 60.3 Å². The standard InChI is InChI=1S/C20H33O4P/c1-10-22-25(21,23-11-2)24-15(3)18-16(19(4,5)6)13-12-14-17(18)20(7,8)9/h12-14H,3,10-11H2,1-2,4-9H3. The van der Waals surface area contributed by atoms with Gasteiger partial charge in [0.05, 0.1) is 13.2 Å². The van der Waals surface area contributed by atoms with Crippen LogP contribution in [0.25, 0.3) is 5.76 Å². The molecule has 0 amide bonds. The van der Waals surface area contributed by atoms with E-state index in [1.165, 1.54) is 0 Å². The smallest absolute Gasteiger partial charge is 0.404 e. The van der Waals surface area contributed by atoms with Gasteiger partial charge < -0.3 is 4.52 Å². The van der Waals surface area contributed by atoms with Crippen molar-refractivity contribution in [2.45, 2.75) is 66.2 Å². The molecule has 0 aromatic heterocycles. The zero-order valence-corrected chi connectivity index (χ0v) is 17.8. The Morgan fingerprint density at radius 1 is 0.960 bits per heavy atom. The fourth-order valence-electron chi connectivity index (χ4n) is 2.69. The quantitative estimate of drug-likeness (QED) is 0.410. The van der Waals surface area contributed by atoms with Crippen molar-refractivity contribution in [1.29, 1.82) is 0 Å². The summed E-state index contributed by atoms with van der Waals surface area (Å²) in [7, 11) is -3.68. The van der Waals surface area contributed by atoms with Crippen LogP contribution in [0.15, 0.2) is 24.8 Å². The highest BCUT2D eigenvalue weighted by Crippen LogP contribution is 2.53. The molecule has 0 bridgehead atoms. The van der Waals surface area contributed by atoms with Gasteiger partial charge in [-0.3, -0.25) is 9.05 Å². The Bertz CT molecular complexity index is 608. The summed E-state index contributed by atoms with van der Waals surface area (Å²) in [6.45, 7) is 20.8. The van der Waals surface area contributed by atoms with Crippen LogP contribution in [0.4, 0.5) is 0 Å². The molecule has 1 aromatic rings. The van der Waals surface area contributed by atoms with Gasteiger partial charge in [-0.1, -0.05) is 66.3 Å². The molecule has 4 nitrogen and oxygen atoms in total. The normalized spacial score (nSPS) is 13.0. The zero-order valence-electron chi connectivity index (χ0n) is 16.9. The summed E-state index contributed by atoms with van der Waals surface area (Å²) < 4.78 is 29.0. The SMILES string of the molecule is C=C(OP(=O)(OCC)OCC)c1c(C(C)(C)C)cccc1C(C)(C)C. The lowest BCUT2D eigenvalue weighted by Crippen LogP contribution is -2.21. The van der Waals surface area contributed by atoms with Crippen molar-refractivity contribution >= 4 is 13.6 Å². The highest BCUT2D eigenvalue weighted by atomic mass is 31.2. The molecule has 1 rings (SSSR count). The molecule has 0 heterocycles. The van der Waals surface area contributed by atoms with E-state index in [-0.39, 0.29) is 24.0 Å². The van der Waals surface area contributed by atoms with E-state index >= 15 is 0 Å². The fraction of sp³-hybridized carbons (Fsp3) is 0.600. The summed E-state index contributed by atoms with van der Waals surface area (Å²) in [6, 6.07) is 6.17. The molecule has 5 heteroatoms. The lowest BCUT2D eigenvalue weighted by molar-refractivity contribution is 0.159. The summed E-state index contributed by atoms with van der Waals surface area (Å²) in [4.78, 5) is 0. The molecule has 0 saturated carbocycles. The van der Waals surface area contributed by atoms with E-state index in [0.717, 1.165) is 16.7 Å². The number of phosphoric acid groups is 1. The van der Waals surface area contributed by atoms with E-state index in [1.807, 2.05) is 6.07 Å². The van der Waals surface area contributed by atoms with Crippen LogP contribution in [-0.2, 0) is 29.0 Å². The molecule has 0 atom stereocenters. The molecule has 0 aliphatic rings. The molecule has 0 spiro atoms. The van der Waals surface area contributed by atoms with Crippen molar-refractivity contribution < 1.29 is 18.1 Å². The van der Waals surface area contributed by atoms with Crippen LogP contribution in [0.5, 0.6) is 0 Å². The van der Waals surface area contributed by atoms with Gasteiger partial charge in [-0.2, -0.15) is 0 Å². The van der Waals surface area contributed by atoms with Crippen LogP contribution >= 0.6 is 7.82 Å². The molecular formula is C20H33O4P. The van der Waals surface area contributed by atoms with Gasteiger partial charge >= 0.3 is 7.82 Å². The first-order chi connectivity index (χ1) is 11.4. The minimum Gasteiger partial charge on any atom is -0.404 e. The summed E-state index contributed by atoms with van der Waals surface area (Å²) >= 11 is 0. The second kappa shape index (κ2) is 8.07. The Balaban J connectivity index is 3.48. The average molecular weight is 368 g/mol. The second-order valence-electron chi connectivity index (χ2n) is 8.03. The third-order valence-electron chi connectivity index (χ3n) is 3.76. The number of hydrogen-bond donors (Lipinski definition) is 0. The Kier molecular flexibility index (Phi) is 7.09. The molecule has 0 aliphatic heterocycles. The van der Waals surface area contributed by atoms with Gasteiger partial charge in [-0.25, -0.2) is 4.57 Å². The van der Waals surface area contributed by atoms with E-state index < -0.39 is 7.82 Å². The van der Waals surface area contributed by atoms with E-state index in [4.69, 9.17) is 13.6 Å². The third-order valence-corrected chi connectivity index (χ3v) is 5.35. The van der Waals surface area contributed by atoms with Gasteiger partial charge in [0.25, 0.3) is 0 Å². The summed E-state index contributed by atoms with van der Waals surface area (Å²) in [5.41, 5.74) is 2.81. The first-order valence-corrected chi connectivity index (χ1v) is 10.2. The van der Waals surface area contributed by atoms with Crippen LogP contribution in [0.2, 0.25) is 0 Å². The Hall–Kier alpha value is -1.09. The number of benzene rings is 1. The first kappa shape index (κ1) is 22.0. The van der Waals surface area contributed by atoms with Gasteiger partial charge in [0.1, 0.15) is 5.76 Å². The first-order valence-electron chi connectivity index (χ1n) is 8.77. The number of hydrogen-bond acceptors (Lipinski definition) is 4. The van der Waals surface area contributed by atoms with Gasteiger partial charge in [-0.05, 0) is 35.8 Å². The molecule has 25 heavy (non-hydrogen) atoms. The second-order valence-corrected chi connectivity index (χ2v) is 9.62. The monoisotopic (exact) mass is 368 g/mol. The number of phosphoric ester groups is 1. The summed E-state index contributed by atoms with van der Waals surface area (Å²) in [5, 5.41) is 0. The molecule has 0 radical (unpaired) electrons. The zero-order chi connectivity index (χ0) is 19.5. The van der Waals surface area contributed by atoms with Crippen molar-refractivity contribution in [3.63, 3.8) is 0 Å². The lowest BCUT2D eigenvalue weighted by atomic mass is 9.76. The fourth-order valence-corrected chi connectivity index (χ4v) is 3.86.